The monoisotopic (exact) mass is 1290 g/mol. The molecule has 3 heterocycles. The molecular formula is C62H75N6O16S4+. The van der Waals surface area contributed by atoms with Crippen LogP contribution in [0.3, 0.4) is 0 Å². The predicted octanol–water partition coefficient (Wildman–Crippen LogP) is 6.37. The topological polar surface area (TPSA) is 267 Å². The Hall–Kier alpha value is -6.62. The molecule has 2 atom stereocenters. The van der Waals surface area contributed by atoms with Gasteiger partial charge in [0.15, 0.2) is 33.8 Å². The largest absolute Gasteiger partial charge is 0.493 e. The summed E-state index contributed by atoms with van der Waals surface area (Å²) in [5.74, 6) is -2.05. The number of nitrogen functional groups attached to an aromatic ring is 1. The van der Waals surface area contributed by atoms with E-state index in [1.54, 1.807) is 36.3 Å². The highest BCUT2D eigenvalue weighted by Crippen LogP contribution is 2.54. The maximum Gasteiger partial charge on any atom is 0.353 e. The molecular weight excluding hydrogens is 1210 g/mol. The lowest BCUT2D eigenvalue weighted by atomic mass is 9.94. The fraction of sp³-hybridized carbons (Fsp3) is 0.452. The van der Waals surface area contributed by atoms with E-state index in [2.05, 4.69) is 34.7 Å². The molecule has 26 heteroatoms. The van der Waals surface area contributed by atoms with Gasteiger partial charge in [-0.3, -0.25) is 28.6 Å². The van der Waals surface area contributed by atoms with Crippen molar-refractivity contribution in [3.05, 3.63) is 118 Å². The summed E-state index contributed by atoms with van der Waals surface area (Å²) in [4.78, 5) is 80.0. The van der Waals surface area contributed by atoms with Gasteiger partial charge in [-0.2, -0.15) is 8.42 Å². The Morgan fingerprint density at radius 1 is 0.841 bits per heavy atom. The Kier molecular flexibility index (Phi) is 21.9. The van der Waals surface area contributed by atoms with Crippen molar-refractivity contribution >= 4 is 102 Å². The first kappa shape index (κ1) is 65.8. The number of para-hydroxylation sites is 2. The van der Waals surface area contributed by atoms with Crippen LogP contribution in [-0.2, 0) is 56.4 Å². The molecule has 88 heavy (non-hydrogen) atoms. The summed E-state index contributed by atoms with van der Waals surface area (Å²) in [7, 11) is 2.34. The third-order valence-corrected chi connectivity index (χ3v) is 20.3. The molecule has 1 spiro atoms. The average molecular weight is 1290 g/mol. The number of hydrogen-bond donors (Lipinski definition) is 4. The average Bonchev–Trinajstić information content (AvgIpc) is 1.59. The van der Waals surface area contributed by atoms with Crippen LogP contribution in [0.5, 0.6) is 23.0 Å². The van der Waals surface area contributed by atoms with Crippen molar-refractivity contribution < 1.29 is 79.9 Å². The molecule has 0 aromatic heterocycles. The number of nitrogens with one attached hydrogen (secondary N) is 1. The number of thiol groups is 1. The van der Waals surface area contributed by atoms with E-state index in [9.17, 15) is 36.9 Å². The number of nitrogens with zero attached hydrogens (tertiary/aromatic N) is 4. The minimum Gasteiger partial charge on any atom is -0.493 e. The zero-order chi connectivity index (χ0) is 62.8. The maximum atomic E-state index is 14.5. The van der Waals surface area contributed by atoms with Crippen molar-refractivity contribution in [2.45, 2.75) is 86.8 Å². The lowest BCUT2D eigenvalue weighted by molar-refractivity contribution is -0.344. The van der Waals surface area contributed by atoms with Crippen LogP contribution in [0.25, 0.3) is 0 Å². The molecule has 9 rings (SSSR count). The van der Waals surface area contributed by atoms with Crippen LogP contribution in [0.2, 0.25) is 0 Å². The van der Waals surface area contributed by atoms with Gasteiger partial charge in [-0.1, -0.05) is 82.8 Å². The van der Waals surface area contributed by atoms with Crippen molar-refractivity contribution in [2.24, 2.45) is 0 Å². The van der Waals surface area contributed by atoms with Gasteiger partial charge in [0.25, 0.3) is 33.7 Å². The highest BCUT2D eigenvalue weighted by molar-refractivity contribution is 8.77. The SMILES string of the molecule is COCCOCCOCCN(CC(C)(C)SSCCC(C(=O)ON1C(=O)CCC1=O)S(=O)(=O)O)C1C=C(COc2cc([NH+]=CS)c(C(=O)N3CCc4ccccc43)cc2OC)C=C(COc2cc(N)c(C(=O)N3c4ccccc4CC34CC4)cc2OC)C1. The van der Waals surface area contributed by atoms with E-state index in [0.717, 1.165) is 59.3 Å². The van der Waals surface area contributed by atoms with E-state index in [0.29, 0.717) is 98.9 Å². The highest BCUT2D eigenvalue weighted by atomic mass is 33.1. The van der Waals surface area contributed by atoms with Crippen LogP contribution < -0.4 is 39.5 Å². The zero-order valence-corrected chi connectivity index (χ0v) is 53.2. The van der Waals surface area contributed by atoms with E-state index in [4.69, 9.17) is 43.7 Å². The van der Waals surface area contributed by atoms with Crippen molar-refractivity contribution in [1.29, 1.82) is 0 Å². The number of benzene rings is 4. The second-order valence-electron chi connectivity index (χ2n) is 22.4. The Balaban J connectivity index is 0.974. The number of hydrogen-bond acceptors (Lipinski definition) is 19. The van der Waals surface area contributed by atoms with Crippen LogP contribution in [0.4, 0.5) is 22.7 Å². The first-order valence-corrected chi connectivity index (χ1v) is 33.2. The first-order chi connectivity index (χ1) is 42.3. The molecule has 4 aromatic rings. The number of anilines is 3. The second-order valence-corrected chi connectivity index (χ2v) is 27.4. The van der Waals surface area contributed by atoms with Crippen molar-refractivity contribution in [3.8, 4) is 23.0 Å². The molecule has 4 aromatic carbocycles. The molecule has 1 saturated carbocycles. The van der Waals surface area contributed by atoms with Crippen molar-refractivity contribution in [3.63, 3.8) is 0 Å². The normalized spacial score (nSPS) is 17.3. The van der Waals surface area contributed by atoms with Crippen molar-refractivity contribution in [1.82, 2.24) is 9.96 Å². The van der Waals surface area contributed by atoms with E-state index in [-0.39, 0.29) is 72.4 Å². The molecule has 2 unspecified atom stereocenters. The molecule has 1 saturated heterocycles. The van der Waals surface area contributed by atoms with Crippen molar-refractivity contribution in [2.75, 3.05) is 108 Å². The number of hydroxylamine groups is 2. The van der Waals surface area contributed by atoms with Crippen LogP contribution in [0, 0.1) is 0 Å². The van der Waals surface area contributed by atoms with Crippen LogP contribution in [0.15, 0.2) is 96.1 Å². The summed E-state index contributed by atoms with van der Waals surface area (Å²) in [5.41, 5.74) is 14.8. The van der Waals surface area contributed by atoms with Gasteiger partial charge in [-0.15, -0.1) is 5.06 Å². The van der Waals surface area contributed by atoms with E-state index >= 15 is 0 Å². The lowest BCUT2D eigenvalue weighted by Crippen LogP contribution is -2.61. The van der Waals surface area contributed by atoms with Gasteiger partial charge < -0.3 is 53.5 Å². The summed E-state index contributed by atoms with van der Waals surface area (Å²) >= 11 is 4.34. The van der Waals surface area contributed by atoms with E-state index < -0.39 is 37.9 Å². The molecule has 4 N–H and O–H groups in total. The quantitative estimate of drug-likeness (QED) is 0.00623. The Morgan fingerprint density at radius 2 is 1.49 bits per heavy atom. The fourth-order valence-electron chi connectivity index (χ4n) is 11.3. The number of ether oxygens (including phenoxy) is 7. The smallest absolute Gasteiger partial charge is 0.353 e. The summed E-state index contributed by atoms with van der Waals surface area (Å²) in [6.07, 6.45) is 7.13. The summed E-state index contributed by atoms with van der Waals surface area (Å²) in [6.45, 7) is 7.37. The Morgan fingerprint density at radius 3 is 2.17 bits per heavy atom. The Bertz CT molecular complexity index is 3450. The van der Waals surface area contributed by atoms with Gasteiger partial charge in [0, 0.05) is 85.3 Å². The molecule has 5 aliphatic rings. The summed E-state index contributed by atoms with van der Waals surface area (Å²) in [6, 6.07) is 22.1. The molecule has 2 fully saturated rings. The third kappa shape index (κ3) is 15.9. The standard InChI is InChI=1S/C62H74N6O16S4/c1-61(2,87-86-27-17-55(88(74,75)76)60(73)84-68-56(69)14-15-57(68)70)38-65(21-22-80-25-26-81-24-23-77-3)44-29-40(36-82-53-33-47(63)45(31-51(53)78-4)59(72)67-50-13-9-7-11-43(50)35-62(67)18-19-62)28-41(30-44)37-83-54-34-48(64-39-85)46(32-52(54)79-5)58(71)66-20-16-42-10-6-8-12-49(42)66/h6-13,28,30-34,39,44,55H,14-27,29,35-38,63H2,1-5H3,(H,64,85)(H,74,75,76)/p+1. The summed E-state index contributed by atoms with van der Waals surface area (Å²) < 4.78 is 76.4. The van der Waals surface area contributed by atoms with Gasteiger partial charge in [-0.05, 0) is 92.8 Å². The number of methoxy groups -OCH3 is 3. The second kappa shape index (κ2) is 29.3. The maximum absolute atomic E-state index is 14.5. The zero-order valence-electron chi connectivity index (χ0n) is 49.9. The number of carbonyl (C=O) groups is 5. The van der Waals surface area contributed by atoms with E-state index in [1.807, 2.05) is 67.3 Å². The highest BCUT2D eigenvalue weighted by Gasteiger charge is 2.55. The molecule has 0 bridgehead atoms. The molecule has 2 aliphatic carbocycles. The number of nitrogens with two attached hydrogens (primary N) is 1. The van der Waals surface area contributed by atoms with Crippen LogP contribution in [-0.4, -0.2) is 173 Å². The van der Waals surface area contributed by atoms with Gasteiger partial charge in [0.1, 0.15) is 18.8 Å². The first-order valence-electron chi connectivity index (χ1n) is 28.9. The summed E-state index contributed by atoms with van der Waals surface area (Å²) in [5, 5.41) is -1.80. The number of rotatable bonds is 31. The number of imide groups is 1. The number of fused-ring (bicyclic) bond motifs is 2. The van der Waals surface area contributed by atoms with Crippen LogP contribution >= 0.6 is 34.2 Å². The molecule has 22 nitrogen and oxygen atoms in total. The van der Waals surface area contributed by atoms with Gasteiger partial charge in [-0.25, -0.2) is 9.79 Å². The van der Waals surface area contributed by atoms with Crippen LogP contribution in [0.1, 0.15) is 84.2 Å². The van der Waals surface area contributed by atoms with Gasteiger partial charge >= 0.3 is 5.97 Å². The fourth-order valence-corrected chi connectivity index (χ4v) is 14.9. The molecule has 0 radical (unpaired) electrons. The van der Waals surface area contributed by atoms with E-state index in [1.165, 1.54) is 41.4 Å². The lowest BCUT2D eigenvalue weighted by Gasteiger charge is -2.38. The third-order valence-electron chi connectivity index (χ3n) is 15.7. The predicted molar refractivity (Wildman–Crippen MR) is 339 cm³/mol. The minimum absolute atomic E-state index is 0.0377. The Labute approximate surface area is 525 Å². The van der Waals surface area contributed by atoms with Gasteiger partial charge in [0.2, 0.25) is 5.69 Å². The molecule has 4 amide bonds. The number of amides is 4. The molecule has 3 aliphatic heterocycles. The molecule has 472 valence electrons. The number of carbonyl (C=O) groups excluding carboxylic acids is 5. The van der Waals surface area contributed by atoms with Gasteiger partial charge in [0.05, 0.1) is 64.4 Å². The minimum atomic E-state index is -4.99.